The first kappa shape index (κ1) is 16.2. The van der Waals surface area contributed by atoms with Crippen molar-refractivity contribution >= 4 is 27.6 Å². The summed E-state index contributed by atoms with van der Waals surface area (Å²) in [5.74, 6) is -1.08. The first-order valence-corrected chi connectivity index (χ1v) is 8.28. The van der Waals surface area contributed by atoms with Crippen LogP contribution in [0.5, 0.6) is 0 Å². The molecule has 0 amide bonds. The minimum Gasteiger partial charge on any atom is -0.478 e. The highest BCUT2D eigenvalue weighted by atomic mass is 35.5. The van der Waals surface area contributed by atoms with Gasteiger partial charge in [0.05, 0.1) is 17.1 Å². The van der Waals surface area contributed by atoms with Crippen LogP contribution in [-0.2, 0) is 14.8 Å². The molecule has 2 N–H and O–H groups in total. The van der Waals surface area contributed by atoms with Crippen LogP contribution in [0.15, 0.2) is 17.0 Å². The molecule has 0 aliphatic carbocycles. The van der Waals surface area contributed by atoms with E-state index in [0.717, 1.165) is 6.42 Å². The lowest BCUT2D eigenvalue weighted by molar-refractivity contribution is 0.0696. The molecule has 1 aromatic carbocycles. The van der Waals surface area contributed by atoms with E-state index in [4.69, 9.17) is 21.4 Å². The van der Waals surface area contributed by atoms with Crippen LogP contribution in [0, 0.1) is 12.8 Å². The summed E-state index contributed by atoms with van der Waals surface area (Å²) in [4.78, 5) is 11.0. The van der Waals surface area contributed by atoms with E-state index in [1.807, 2.05) is 0 Å². The molecule has 6 nitrogen and oxygen atoms in total. The monoisotopic (exact) mass is 333 g/mol. The van der Waals surface area contributed by atoms with Crippen molar-refractivity contribution in [2.24, 2.45) is 5.92 Å². The van der Waals surface area contributed by atoms with E-state index >= 15 is 0 Å². The largest absolute Gasteiger partial charge is 0.478 e. The maximum Gasteiger partial charge on any atom is 0.336 e. The Morgan fingerprint density at radius 3 is 2.81 bits per heavy atom. The smallest absolute Gasteiger partial charge is 0.336 e. The van der Waals surface area contributed by atoms with Crippen LogP contribution in [0.1, 0.15) is 22.3 Å². The van der Waals surface area contributed by atoms with E-state index in [1.165, 1.54) is 19.1 Å². The Morgan fingerprint density at radius 2 is 2.24 bits per heavy atom. The molecule has 116 valence electrons. The molecule has 0 bridgehead atoms. The van der Waals surface area contributed by atoms with E-state index in [2.05, 4.69) is 4.72 Å². The normalized spacial score (nSPS) is 18.9. The average Bonchev–Trinajstić information content (AvgIpc) is 2.91. The molecule has 1 heterocycles. The Morgan fingerprint density at radius 1 is 1.52 bits per heavy atom. The lowest BCUT2D eigenvalue weighted by atomic mass is 10.1. The second kappa shape index (κ2) is 6.31. The lowest BCUT2D eigenvalue weighted by Gasteiger charge is -2.13. The van der Waals surface area contributed by atoms with Crippen molar-refractivity contribution in [3.8, 4) is 0 Å². The zero-order valence-electron chi connectivity index (χ0n) is 11.4. The van der Waals surface area contributed by atoms with Gasteiger partial charge >= 0.3 is 5.97 Å². The number of hydrogen-bond donors (Lipinski definition) is 2. The minimum atomic E-state index is -3.81. The summed E-state index contributed by atoms with van der Waals surface area (Å²) in [5, 5.41) is 9.16. The number of benzene rings is 1. The van der Waals surface area contributed by atoms with Crippen molar-refractivity contribution in [1.82, 2.24) is 4.72 Å². The predicted octanol–water partition coefficient (Wildman–Crippen LogP) is 1.66. The number of hydrogen-bond acceptors (Lipinski definition) is 4. The van der Waals surface area contributed by atoms with Crippen LogP contribution < -0.4 is 4.72 Å². The van der Waals surface area contributed by atoms with Crippen molar-refractivity contribution < 1.29 is 23.1 Å². The Labute approximate surface area is 128 Å². The standard InChI is InChI=1S/C13H16ClNO5S/c1-8-11(13(16)17)4-10(14)5-12(8)21(18,19)15-6-9-2-3-20-7-9/h4-5,9,15H,2-3,6-7H2,1H3,(H,16,17). The van der Waals surface area contributed by atoms with E-state index in [0.29, 0.717) is 13.2 Å². The molecule has 1 aliphatic rings. The van der Waals surface area contributed by atoms with Crippen LogP contribution in [0.4, 0.5) is 0 Å². The number of aromatic carboxylic acids is 1. The number of nitrogens with one attached hydrogen (secondary N) is 1. The SMILES string of the molecule is Cc1c(C(=O)O)cc(Cl)cc1S(=O)(=O)NCC1CCOC1. The van der Waals surface area contributed by atoms with Crippen LogP contribution in [-0.4, -0.2) is 39.3 Å². The fraction of sp³-hybridized carbons (Fsp3) is 0.462. The Balaban J connectivity index is 2.28. The predicted molar refractivity (Wildman–Crippen MR) is 77.3 cm³/mol. The number of carboxylic acid groups (broad SMARTS) is 1. The zero-order chi connectivity index (χ0) is 15.6. The Kier molecular flexibility index (Phi) is 4.88. The molecule has 0 saturated carbocycles. The second-order valence-corrected chi connectivity index (χ2v) is 7.13. The summed E-state index contributed by atoms with van der Waals surface area (Å²) < 4.78 is 32.3. The van der Waals surface area contributed by atoms with Crippen LogP contribution >= 0.6 is 11.6 Å². The summed E-state index contributed by atoms with van der Waals surface area (Å²) in [5.41, 5.74) is 0.0501. The summed E-state index contributed by atoms with van der Waals surface area (Å²) >= 11 is 5.82. The van der Waals surface area contributed by atoms with Gasteiger partial charge in [0.2, 0.25) is 10.0 Å². The van der Waals surface area contributed by atoms with Gasteiger partial charge in [0.1, 0.15) is 0 Å². The molecule has 1 unspecified atom stereocenters. The van der Waals surface area contributed by atoms with Gasteiger partial charge in [-0.2, -0.15) is 0 Å². The fourth-order valence-electron chi connectivity index (χ4n) is 2.20. The van der Waals surface area contributed by atoms with E-state index in [-0.39, 0.29) is 33.5 Å². The number of carboxylic acids is 1. The highest BCUT2D eigenvalue weighted by molar-refractivity contribution is 7.89. The molecule has 0 radical (unpaired) electrons. The van der Waals surface area contributed by atoms with Gasteiger partial charge in [-0.05, 0) is 37.0 Å². The molecule has 1 atom stereocenters. The summed E-state index contributed by atoms with van der Waals surface area (Å²) in [6.45, 7) is 2.87. The summed E-state index contributed by atoms with van der Waals surface area (Å²) in [6.07, 6.45) is 0.803. The van der Waals surface area contributed by atoms with Crippen molar-refractivity contribution in [2.75, 3.05) is 19.8 Å². The van der Waals surface area contributed by atoms with E-state index < -0.39 is 16.0 Å². The molecule has 8 heteroatoms. The molecular formula is C13H16ClNO5S. The van der Waals surface area contributed by atoms with Crippen molar-refractivity contribution in [1.29, 1.82) is 0 Å². The highest BCUT2D eigenvalue weighted by Gasteiger charge is 2.24. The number of ether oxygens (including phenoxy) is 1. The Hall–Kier alpha value is -1.15. The molecule has 0 spiro atoms. The van der Waals surface area contributed by atoms with Gasteiger partial charge in [0.15, 0.2) is 0 Å². The van der Waals surface area contributed by atoms with Crippen molar-refractivity contribution in [2.45, 2.75) is 18.2 Å². The third kappa shape index (κ3) is 3.74. The number of carbonyl (C=O) groups is 1. The minimum absolute atomic E-state index is 0.0718. The van der Waals surface area contributed by atoms with E-state index in [1.54, 1.807) is 0 Å². The van der Waals surface area contributed by atoms with Gasteiger partial charge in [0, 0.05) is 18.2 Å². The zero-order valence-corrected chi connectivity index (χ0v) is 13.0. The highest BCUT2D eigenvalue weighted by Crippen LogP contribution is 2.25. The summed E-state index contributed by atoms with van der Waals surface area (Å²) in [6, 6.07) is 2.50. The van der Waals surface area contributed by atoms with Gasteiger partial charge in [0.25, 0.3) is 0 Å². The van der Waals surface area contributed by atoms with Gasteiger partial charge in [-0.1, -0.05) is 11.6 Å². The topological polar surface area (TPSA) is 92.7 Å². The first-order chi connectivity index (χ1) is 9.81. The van der Waals surface area contributed by atoms with Gasteiger partial charge in [-0.15, -0.1) is 0 Å². The Bertz CT molecular complexity index is 653. The molecule has 1 aliphatic heterocycles. The van der Waals surface area contributed by atoms with E-state index in [9.17, 15) is 13.2 Å². The fourth-order valence-corrected chi connectivity index (χ4v) is 3.89. The molecule has 0 aromatic heterocycles. The average molecular weight is 334 g/mol. The molecule has 21 heavy (non-hydrogen) atoms. The van der Waals surface area contributed by atoms with Gasteiger partial charge < -0.3 is 9.84 Å². The van der Waals surface area contributed by atoms with Crippen molar-refractivity contribution in [3.63, 3.8) is 0 Å². The maximum absolute atomic E-state index is 12.3. The molecule has 1 fully saturated rings. The number of rotatable bonds is 5. The van der Waals surface area contributed by atoms with Crippen molar-refractivity contribution in [3.05, 3.63) is 28.3 Å². The molecular weight excluding hydrogens is 318 g/mol. The van der Waals surface area contributed by atoms with Crippen LogP contribution in [0.3, 0.4) is 0 Å². The third-order valence-corrected chi connectivity index (χ3v) is 5.20. The quantitative estimate of drug-likeness (QED) is 0.855. The number of sulfonamides is 1. The molecule has 1 saturated heterocycles. The van der Waals surface area contributed by atoms with Gasteiger partial charge in [-0.3, -0.25) is 0 Å². The van der Waals surface area contributed by atoms with Crippen LogP contribution in [0.2, 0.25) is 5.02 Å². The number of halogens is 1. The molecule has 1 aromatic rings. The third-order valence-electron chi connectivity index (χ3n) is 3.43. The maximum atomic E-state index is 12.3. The van der Waals surface area contributed by atoms with Crippen LogP contribution in [0.25, 0.3) is 0 Å². The van der Waals surface area contributed by atoms with Gasteiger partial charge in [-0.25, -0.2) is 17.9 Å². The summed E-state index contributed by atoms with van der Waals surface area (Å²) in [7, 11) is -3.81. The first-order valence-electron chi connectivity index (χ1n) is 6.42. The lowest BCUT2D eigenvalue weighted by Crippen LogP contribution is -2.30. The second-order valence-electron chi connectivity index (χ2n) is 4.96. The molecule has 2 rings (SSSR count).